The smallest absolute Gasteiger partial charge is 0.141 e. The van der Waals surface area contributed by atoms with Gasteiger partial charge in [-0.05, 0) is 13.3 Å². The van der Waals surface area contributed by atoms with Gasteiger partial charge in [-0.2, -0.15) is 0 Å². The van der Waals surface area contributed by atoms with Crippen molar-refractivity contribution < 1.29 is 9.90 Å². The van der Waals surface area contributed by atoms with Gasteiger partial charge in [0.2, 0.25) is 0 Å². The van der Waals surface area contributed by atoms with Gasteiger partial charge in [0.15, 0.2) is 0 Å². The van der Waals surface area contributed by atoms with Crippen LogP contribution in [0.3, 0.4) is 0 Å². The van der Waals surface area contributed by atoms with Crippen LogP contribution < -0.4 is 0 Å². The van der Waals surface area contributed by atoms with Gasteiger partial charge in [-0.1, -0.05) is 40.5 Å². The predicted molar refractivity (Wildman–Crippen MR) is 59.2 cm³/mol. The average molecular weight is 200 g/mol. The van der Waals surface area contributed by atoms with Crippen LogP contribution in [0, 0.1) is 5.41 Å². The van der Waals surface area contributed by atoms with Crippen molar-refractivity contribution in [3.63, 3.8) is 0 Å². The Morgan fingerprint density at radius 2 is 1.71 bits per heavy atom. The van der Waals surface area contributed by atoms with Crippen molar-refractivity contribution in [2.45, 2.75) is 65.9 Å². The summed E-state index contributed by atoms with van der Waals surface area (Å²) < 4.78 is 0. The molecule has 0 aliphatic rings. The Hall–Kier alpha value is -0.370. The maximum absolute atomic E-state index is 11.7. The Morgan fingerprint density at radius 1 is 1.21 bits per heavy atom. The molecule has 0 heterocycles. The van der Waals surface area contributed by atoms with Crippen LogP contribution in [0.5, 0.6) is 0 Å². The van der Waals surface area contributed by atoms with Crippen molar-refractivity contribution in [3.05, 3.63) is 0 Å². The zero-order valence-corrected chi connectivity index (χ0v) is 10.2. The number of ketones is 1. The van der Waals surface area contributed by atoms with Gasteiger partial charge in [-0.25, -0.2) is 0 Å². The summed E-state index contributed by atoms with van der Waals surface area (Å²) in [4.78, 5) is 11.7. The zero-order valence-electron chi connectivity index (χ0n) is 10.2. The first-order valence-electron chi connectivity index (χ1n) is 5.45. The first kappa shape index (κ1) is 13.6. The van der Waals surface area contributed by atoms with Gasteiger partial charge in [0.05, 0.1) is 5.60 Å². The number of unbranched alkanes of at least 4 members (excludes halogenated alkanes) is 1. The van der Waals surface area contributed by atoms with Crippen LogP contribution in [-0.4, -0.2) is 16.5 Å². The summed E-state index contributed by atoms with van der Waals surface area (Å²) in [6, 6.07) is 0. The summed E-state index contributed by atoms with van der Waals surface area (Å²) >= 11 is 0. The Balaban J connectivity index is 4.15. The SMILES string of the molecule is CCCCC(C)(O)CC(=O)C(C)(C)C. The van der Waals surface area contributed by atoms with Gasteiger partial charge < -0.3 is 5.11 Å². The summed E-state index contributed by atoms with van der Waals surface area (Å²) in [5.74, 6) is 0.138. The first-order valence-corrected chi connectivity index (χ1v) is 5.45. The fraction of sp³-hybridized carbons (Fsp3) is 0.917. The molecule has 0 amide bonds. The van der Waals surface area contributed by atoms with Crippen molar-refractivity contribution in [3.8, 4) is 0 Å². The first-order chi connectivity index (χ1) is 6.19. The van der Waals surface area contributed by atoms with Crippen LogP contribution in [0.25, 0.3) is 0 Å². The monoisotopic (exact) mass is 200 g/mol. The normalized spacial score (nSPS) is 16.4. The summed E-state index contributed by atoms with van der Waals surface area (Å²) in [5.41, 5.74) is -1.16. The molecule has 1 unspecified atom stereocenters. The number of carbonyl (C=O) groups is 1. The van der Waals surface area contributed by atoms with E-state index >= 15 is 0 Å². The van der Waals surface area contributed by atoms with E-state index in [1.807, 2.05) is 20.8 Å². The van der Waals surface area contributed by atoms with E-state index in [1.54, 1.807) is 6.92 Å². The minimum Gasteiger partial charge on any atom is -0.390 e. The van der Waals surface area contributed by atoms with E-state index in [0.29, 0.717) is 6.42 Å². The lowest BCUT2D eigenvalue weighted by Gasteiger charge is -2.26. The van der Waals surface area contributed by atoms with Crippen LogP contribution in [0.2, 0.25) is 0 Å². The molecular weight excluding hydrogens is 176 g/mol. The van der Waals surface area contributed by atoms with Gasteiger partial charge >= 0.3 is 0 Å². The average Bonchev–Trinajstić information content (AvgIpc) is 1.98. The van der Waals surface area contributed by atoms with E-state index in [1.165, 1.54) is 0 Å². The van der Waals surface area contributed by atoms with Crippen LogP contribution >= 0.6 is 0 Å². The van der Waals surface area contributed by atoms with E-state index in [4.69, 9.17) is 0 Å². The summed E-state index contributed by atoms with van der Waals surface area (Å²) in [7, 11) is 0. The third-order valence-corrected chi connectivity index (χ3v) is 2.45. The molecule has 1 atom stereocenters. The fourth-order valence-corrected chi connectivity index (χ4v) is 1.26. The topological polar surface area (TPSA) is 37.3 Å². The van der Waals surface area contributed by atoms with E-state index in [0.717, 1.165) is 12.8 Å². The van der Waals surface area contributed by atoms with Crippen LogP contribution in [0.4, 0.5) is 0 Å². The molecule has 0 saturated carbocycles. The quantitative estimate of drug-likeness (QED) is 0.741. The molecule has 0 spiro atoms. The minimum absolute atomic E-state index is 0.138. The summed E-state index contributed by atoms with van der Waals surface area (Å²) in [5, 5.41) is 9.96. The highest BCUT2D eigenvalue weighted by molar-refractivity contribution is 5.84. The summed E-state index contributed by atoms with van der Waals surface area (Å²) in [6.45, 7) is 9.52. The Kier molecular flexibility index (Phi) is 4.79. The molecule has 0 aromatic heterocycles. The van der Waals surface area contributed by atoms with E-state index < -0.39 is 5.60 Å². The molecule has 1 N–H and O–H groups in total. The lowest BCUT2D eigenvalue weighted by Crippen LogP contribution is -2.33. The largest absolute Gasteiger partial charge is 0.390 e. The number of carbonyl (C=O) groups excluding carboxylic acids is 1. The zero-order chi connectivity index (χ0) is 11.4. The highest BCUT2D eigenvalue weighted by atomic mass is 16.3. The molecule has 0 fully saturated rings. The van der Waals surface area contributed by atoms with E-state index in [-0.39, 0.29) is 17.6 Å². The van der Waals surface area contributed by atoms with Crippen molar-refractivity contribution in [2.24, 2.45) is 5.41 Å². The molecule has 2 nitrogen and oxygen atoms in total. The second-order valence-corrected chi connectivity index (χ2v) is 5.45. The molecule has 0 aliphatic heterocycles. The fourth-order valence-electron chi connectivity index (χ4n) is 1.26. The number of Topliss-reactive ketones (excluding diaryl/α,β-unsaturated/α-hetero) is 1. The maximum Gasteiger partial charge on any atom is 0.141 e. The molecule has 0 rings (SSSR count). The molecule has 0 aromatic rings. The highest BCUT2D eigenvalue weighted by Crippen LogP contribution is 2.25. The van der Waals surface area contributed by atoms with Crippen LogP contribution in [0.1, 0.15) is 60.3 Å². The predicted octanol–water partition coefficient (Wildman–Crippen LogP) is 2.93. The molecule has 0 radical (unpaired) electrons. The standard InChI is InChI=1S/C12H24O2/c1-6-7-8-12(5,14)9-10(13)11(2,3)4/h14H,6-9H2,1-5H3. The number of hydrogen-bond acceptors (Lipinski definition) is 2. The van der Waals surface area contributed by atoms with Gasteiger partial charge in [-0.3, -0.25) is 4.79 Å². The van der Waals surface area contributed by atoms with Gasteiger partial charge in [0.25, 0.3) is 0 Å². The number of hydrogen-bond donors (Lipinski definition) is 1. The number of rotatable bonds is 5. The van der Waals surface area contributed by atoms with E-state index in [9.17, 15) is 9.90 Å². The molecule has 0 bridgehead atoms. The second-order valence-electron chi connectivity index (χ2n) is 5.45. The van der Waals surface area contributed by atoms with Gasteiger partial charge in [0, 0.05) is 11.8 Å². The molecule has 14 heavy (non-hydrogen) atoms. The Bertz CT molecular complexity index is 187. The summed E-state index contributed by atoms with van der Waals surface area (Å²) in [6.07, 6.45) is 3.02. The third-order valence-electron chi connectivity index (χ3n) is 2.45. The van der Waals surface area contributed by atoms with Crippen molar-refractivity contribution in [1.29, 1.82) is 0 Å². The van der Waals surface area contributed by atoms with Crippen LogP contribution in [-0.2, 0) is 4.79 Å². The molecule has 0 saturated heterocycles. The molecule has 0 aromatic carbocycles. The molecule has 2 heteroatoms. The molecular formula is C12H24O2. The third kappa shape index (κ3) is 5.38. The lowest BCUT2D eigenvalue weighted by atomic mass is 9.82. The Morgan fingerprint density at radius 3 is 2.07 bits per heavy atom. The highest BCUT2D eigenvalue weighted by Gasteiger charge is 2.29. The molecule has 0 aliphatic carbocycles. The maximum atomic E-state index is 11.7. The molecule has 84 valence electrons. The second kappa shape index (κ2) is 4.92. The van der Waals surface area contributed by atoms with Gasteiger partial charge in [0.1, 0.15) is 5.78 Å². The van der Waals surface area contributed by atoms with E-state index in [2.05, 4.69) is 6.92 Å². The van der Waals surface area contributed by atoms with Crippen molar-refractivity contribution >= 4 is 5.78 Å². The van der Waals surface area contributed by atoms with Crippen molar-refractivity contribution in [2.75, 3.05) is 0 Å². The Labute approximate surface area is 87.7 Å². The van der Waals surface area contributed by atoms with Gasteiger partial charge in [-0.15, -0.1) is 0 Å². The van der Waals surface area contributed by atoms with Crippen LogP contribution in [0.15, 0.2) is 0 Å². The van der Waals surface area contributed by atoms with Crippen molar-refractivity contribution in [1.82, 2.24) is 0 Å². The number of aliphatic hydroxyl groups is 1. The minimum atomic E-state index is -0.819. The lowest BCUT2D eigenvalue weighted by molar-refractivity contribution is -0.131.